The molecule has 4 rings (SSSR count). The van der Waals surface area contributed by atoms with Gasteiger partial charge in [-0.15, -0.1) is 0 Å². The van der Waals surface area contributed by atoms with E-state index in [9.17, 15) is 0 Å². The summed E-state index contributed by atoms with van der Waals surface area (Å²) in [6.07, 6.45) is 1.21. The Kier molecular flexibility index (Phi) is 5.69. The topological polar surface area (TPSA) is 32.3 Å². The zero-order valence-corrected chi connectivity index (χ0v) is 17.2. The molecule has 0 radical (unpaired) electrons. The molecule has 28 heavy (non-hydrogen) atoms. The van der Waals surface area contributed by atoms with E-state index < -0.39 is 0 Å². The molecule has 3 aromatic rings. The lowest BCUT2D eigenvalue weighted by molar-refractivity contribution is 0.176. The number of para-hydroxylation sites is 1. The van der Waals surface area contributed by atoms with E-state index in [1.165, 1.54) is 12.0 Å². The van der Waals surface area contributed by atoms with Gasteiger partial charge in [0.1, 0.15) is 5.82 Å². The Hall–Kier alpha value is -2.30. The van der Waals surface area contributed by atoms with E-state index in [4.69, 9.17) is 9.97 Å². The first-order chi connectivity index (χ1) is 13.7. The second-order valence-electron chi connectivity index (χ2n) is 7.83. The molecule has 4 nitrogen and oxygen atoms in total. The van der Waals surface area contributed by atoms with Crippen LogP contribution in [0.5, 0.6) is 0 Å². The van der Waals surface area contributed by atoms with Crippen LogP contribution in [0.4, 0.5) is 0 Å². The molecule has 2 atom stereocenters. The third-order valence-electron chi connectivity index (χ3n) is 6.13. The summed E-state index contributed by atoms with van der Waals surface area (Å²) in [5.74, 6) is 0.938. The van der Waals surface area contributed by atoms with E-state index in [0.717, 1.165) is 48.6 Å². The highest BCUT2D eigenvalue weighted by molar-refractivity contribution is 5.80. The van der Waals surface area contributed by atoms with Crippen molar-refractivity contribution in [1.82, 2.24) is 19.8 Å². The number of rotatable bonds is 6. The van der Waals surface area contributed by atoms with E-state index in [2.05, 4.69) is 85.2 Å². The van der Waals surface area contributed by atoms with Crippen LogP contribution in [-0.2, 0) is 6.54 Å². The zero-order valence-electron chi connectivity index (χ0n) is 17.2. The highest BCUT2D eigenvalue weighted by Gasteiger charge is 2.30. The molecule has 0 N–H and O–H groups in total. The molecule has 0 spiro atoms. The molecule has 0 amide bonds. The smallest absolute Gasteiger partial charge is 0.143 e. The zero-order chi connectivity index (χ0) is 19.5. The van der Waals surface area contributed by atoms with E-state index >= 15 is 0 Å². The van der Waals surface area contributed by atoms with Gasteiger partial charge in [-0.1, -0.05) is 55.5 Å². The van der Waals surface area contributed by atoms with Gasteiger partial charge in [0.05, 0.1) is 12.1 Å². The quantitative estimate of drug-likeness (QED) is 0.631. The second-order valence-corrected chi connectivity index (χ2v) is 7.83. The van der Waals surface area contributed by atoms with Crippen molar-refractivity contribution >= 4 is 10.9 Å². The largest absolute Gasteiger partial charge is 0.295 e. The number of hydrogen-bond donors (Lipinski definition) is 0. The minimum Gasteiger partial charge on any atom is -0.295 e. The van der Waals surface area contributed by atoms with Gasteiger partial charge >= 0.3 is 0 Å². The third-order valence-corrected chi connectivity index (χ3v) is 6.13. The van der Waals surface area contributed by atoms with Crippen molar-refractivity contribution < 1.29 is 0 Å². The molecule has 0 aliphatic carbocycles. The lowest BCUT2D eigenvalue weighted by atomic mass is 10.1. The highest BCUT2D eigenvalue weighted by Crippen LogP contribution is 2.27. The standard InChI is InChI=1S/C24H30N4/c1-4-27(17-24-25-18(2)22-12-8-9-13-23(22)26-24)21-14-15-28(16-21)19(3)20-10-6-5-7-11-20/h5-13,19,21H,4,14-17H2,1-3H3. The summed E-state index contributed by atoms with van der Waals surface area (Å²) in [6, 6.07) is 20.2. The van der Waals surface area contributed by atoms with Crippen LogP contribution in [0.2, 0.25) is 0 Å². The van der Waals surface area contributed by atoms with Gasteiger partial charge in [-0.3, -0.25) is 9.80 Å². The van der Waals surface area contributed by atoms with Crippen LogP contribution in [0.1, 0.15) is 43.4 Å². The number of likely N-dealkylation sites (N-methyl/N-ethyl adjacent to an activating group) is 1. The first-order valence-electron chi connectivity index (χ1n) is 10.4. The lowest BCUT2D eigenvalue weighted by Gasteiger charge is -2.29. The predicted molar refractivity (Wildman–Crippen MR) is 115 cm³/mol. The van der Waals surface area contributed by atoms with Crippen molar-refractivity contribution in [3.05, 3.63) is 71.7 Å². The summed E-state index contributed by atoms with van der Waals surface area (Å²) in [5.41, 5.74) is 3.52. The van der Waals surface area contributed by atoms with Crippen molar-refractivity contribution in [3.8, 4) is 0 Å². The first-order valence-corrected chi connectivity index (χ1v) is 10.4. The van der Waals surface area contributed by atoms with Crippen LogP contribution in [0.25, 0.3) is 10.9 Å². The summed E-state index contributed by atoms with van der Waals surface area (Å²) in [7, 11) is 0. The van der Waals surface area contributed by atoms with Gasteiger partial charge in [-0.25, -0.2) is 9.97 Å². The van der Waals surface area contributed by atoms with E-state index in [-0.39, 0.29) is 0 Å². The van der Waals surface area contributed by atoms with Gasteiger partial charge < -0.3 is 0 Å². The third kappa shape index (κ3) is 3.94. The Morgan fingerprint density at radius 3 is 2.61 bits per heavy atom. The van der Waals surface area contributed by atoms with Gasteiger partial charge in [0.25, 0.3) is 0 Å². The Balaban J connectivity index is 1.46. The summed E-state index contributed by atoms with van der Waals surface area (Å²) < 4.78 is 0. The van der Waals surface area contributed by atoms with Crippen molar-refractivity contribution in [2.45, 2.75) is 45.8 Å². The van der Waals surface area contributed by atoms with Crippen molar-refractivity contribution in [3.63, 3.8) is 0 Å². The Morgan fingerprint density at radius 2 is 1.82 bits per heavy atom. The molecule has 1 aromatic heterocycles. The Bertz CT molecular complexity index is 924. The van der Waals surface area contributed by atoms with Gasteiger partial charge in [0.2, 0.25) is 0 Å². The molecule has 2 heterocycles. The maximum Gasteiger partial charge on any atom is 0.143 e. The van der Waals surface area contributed by atoms with Gasteiger partial charge in [0, 0.05) is 36.3 Å². The first kappa shape index (κ1) is 19.0. The van der Waals surface area contributed by atoms with Crippen molar-refractivity contribution in [2.24, 2.45) is 0 Å². The van der Waals surface area contributed by atoms with Gasteiger partial charge in [0.15, 0.2) is 0 Å². The molecule has 1 aliphatic rings. The Labute approximate surface area is 168 Å². The van der Waals surface area contributed by atoms with Crippen LogP contribution in [0.3, 0.4) is 0 Å². The SMILES string of the molecule is CCN(Cc1nc(C)c2ccccc2n1)C1CCN(C(C)c2ccccc2)C1. The normalized spacial score (nSPS) is 18.8. The molecular formula is C24H30N4. The van der Waals surface area contributed by atoms with Gasteiger partial charge in [-0.05, 0) is 38.4 Å². The molecule has 4 heteroatoms. The molecule has 1 saturated heterocycles. The summed E-state index contributed by atoms with van der Waals surface area (Å²) in [4.78, 5) is 14.8. The Morgan fingerprint density at radius 1 is 1.07 bits per heavy atom. The van der Waals surface area contributed by atoms with Crippen molar-refractivity contribution in [2.75, 3.05) is 19.6 Å². The highest BCUT2D eigenvalue weighted by atomic mass is 15.3. The number of likely N-dealkylation sites (tertiary alicyclic amines) is 1. The second kappa shape index (κ2) is 8.38. The van der Waals surface area contributed by atoms with E-state index in [1.807, 2.05) is 0 Å². The molecular weight excluding hydrogens is 344 g/mol. The number of fused-ring (bicyclic) bond motifs is 1. The molecule has 1 fully saturated rings. The monoisotopic (exact) mass is 374 g/mol. The molecule has 2 unspecified atom stereocenters. The number of nitrogens with zero attached hydrogens (tertiary/aromatic N) is 4. The number of aryl methyl sites for hydroxylation is 1. The van der Waals surface area contributed by atoms with Crippen LogP contribution < -0.4 is 0 Å². The van der Waals surface area contributed by atoms with Crippen LogP contribution in [0, 0.1) is 6.92 Å². The van der Waals surface area contributed by atoms with Gasteiger partial charge in [-0.2, -0.15) is 0 Å². The minimum atomic E-state index is 0.462. The maximum absolute atomic E-state index is 4.83. The molecule has 0 bridgehead atoms. The molecule has 0 saturated carbocycles. The average molecular weight is 375 g/mol. The fourth-order valence-corrected chi connectivity index (χ4v) is 4.41. The predicted octanol–water partition coefficient (Wildman–Crippen LogP) is 4.60. The van der Waals surface area contributed by atoms with Crippen LogP contribution in [-0.4, -0.2) is 45.4 Å². The van der Waals surface area contributed by atoms with E-state index in [0.29, 0.717) is 12.1 Å². The summed E-state index contributed by atoms with van der Waals surface area (Å²) in [5, 5.41) is 1.15. The number of aromatic nitrogens is 2. The summed E-state index contributed by atoms with van der Waals surface area (Å²) in [6.45, 7) is 10.8. The van der Waals surface area contributed by atoms with Crippen LogP contribution >= 0.6 is 0 Å². The van der Waals surface area contributed by atoms with Crippen LogP contribution in [0.15, 0.2) is 54.6 Å². The molecule has 1 aliphatic heterocycles. The van der Waals surface area contributed by atoms with E-state index in [1.54, 1.807) is 0 Å². The number of benzene rings is 2. The fraction of sp³-hybridized carbons (Fsp3) is 0.417. The molecule has 2 aromatic carbocycles. The lowest BCUT2D eigenvalue weighted by Crippen LogP contribution is -2.38. The van der Waals surface area contributed by atoms with Crippen molar-refractivity contribution in [1.29, 1.82) is 0 Å². The average Bonchev–Trinajstić information content (AvgIpc) is 3.22. The summed E-state index contributed by atoms with van der Waals surface area (Å²) >= 11 is 0. The maximum atomic E-state index is 4.83. The fourth-order valence-electron chi connectivity index (χ4n) is 4.41. The minimum absolute atomic E-state index is 0.462. The number of hydrogen-bond acceptors (Lipinski definition) is 4. The molecule has 146 valence electrons.